The van der Waals surface area contributed by atoms with Crippen LogP contribution >= 0.6 is 0 Å². The van der Waals surface area contributed by atoms with Gasteiger partial charge in [-0.1, -0.05) is 0 Å². The molecule has 0 aliphatic carbocycles. The minimum Gasteiger partial charge on any atom is -0.493 e. The lowest BCUT2D eigenvalue weighted by atomic mass is 9.91. The van der Waals surface area contributed by atoms with Crippen LogP contribution in [-0.2, 0) is 6.42 Å². The van der Waals surface area contributed by atoms with Crippen molar-refractivity contribution in [1.29, 1.82) is 0 Å². The number of methoxy groups -OCH3 is 2. The van der Waals surface area contributed by atoms with Crippen LogP contribution in [0, 0.1) is 13.8 Å². The van der Waals surface area contributed by atoms with E-state index >= 15 is 0 Å². The predicted octanol–water partition coefficient (Wildman–Crippen LogP) is 2.60. The van der Waals surface area contributed by atoms with Crippen LogP contribution < -0.4 is 15.2 Å². The fourth-order valence-corrected chi connectivity index (χ4v) is 2.01. The molecule has 0 heterocycles. The van der Waals surface area contributed by atoms with Gasteiger partial charge in [-0.05, 0) is 56.9 Å². The lowest BCUT2D eigenvalue weighted by molar-refractivity contribution is 0.351. The molecule has 0 radical (unpaired) electrons. The molecule has 0 amide bonds. The highest BCUT2D eigenvalue weighted by Crippen LogP contribution is 2.35. The molecule has 0 aliphatic rings. The van der Waals surface area contributed by atoms with Crippen LogP contribution in [0.25, 0.3) is 0 Å². The van der Waals surface area contributed by atoms with Crippen molar-refractivity contribution in [2.24, 2.45) is 5.73 Å². The second-order valence-electron chi connectivity index (χ2n) is 5.19. The molecular weight excluding hydrogens is 214 g/mol. The molecule has 0 aromatic heterocycles. The summed E-state index contributed by atoms with van der Waals surface area (Å²) in [4.78, 5) is 0. The van der Waals surface area contributed by atoms with Gasteiger partial charge in [0.2, 0.25) is 0 Å². The van der Waals surface area contributed by atoms with Crippen molar-refractivity contribution in [3.63, 3.8) is 0 Å². The fourth-order valence-electron chi connectivity index (χ4n) is 2.01. The molecule has 1 rings (SSSR count). The lowest BCUT2D eigenvalue weighted by Crippen LogP contribution is -2.34. The van der Waals surface area contributed by atoms with E-state index in [2.05, 4.69) is 6.92 Å². The fraction of sp³-hybridized carbons (Fsp3) is 0.571. The van der Waals surface area contributed by atoms with Crippen molar-refractivity contribution in [3.05, 3.63) is 22.8 Å². The van der Waals surface area contributed by atoms with Crippen LogP contribution in [-0.4, -0.2) is 19.8 Å². The van der Waals surface area contributed by atoms with E-state index in [1.54, 1.807) is 14.2 Å². The molecular formula is C14H23NO2. The molecule has 2 N–H and O–H groups in total. The van der Waals surface area contributed by atoms with Crippen molar-refractivity contribution in [1.82, 2.24) is 0 Å². The van der Waals surface area contributed by atoms with Gasteiger partial charge in [-0.15, -0.1) is 0 Å². The number of benzene rings is 1. The molecule has 0 aliphatic heterocycles. The molecule has 0 spiro atoms. The van der Waals surface area contributed by atoms with Crippen LogP contribution in [0.1, 0.15) is 30.5 Å². The van der Waals surface area contributed by atoms with Crippen molar-refractivity contribution >= 4 is 0 Å². The van der Waals surface area contributed by atoms with Gasteiger partial charge in [0.05, 0.1) is 14.2 Å². The third-order valence-electron chi connectivity index (χ3n) is 2.98. The Labute approximate surface area is 104 Å². The van der Waals surface area contributed by atoms with Crippen LogP contribution in [0.4, 0.5) is 0 Å². The summed E-state index contributed by atoms with van der Waals surface area (Å²) in [5, 5.41) is 0. The number of hydrogen-bond donors (Lipinski definition) is 1. The van der Waals surface area contributed by atoms with Crippen molar-refractivity contribution in [3.8, 4) is 11.5 Å². The van der Waals surface area contributed by atoms with E-state index < -0.39 is 0 Å². The van der Waals surface area contributed by atoms with Gasteiger partial charge in [-0.2, -0.15) is 0 Å². The first-order valence-corrected chi connectivity index (χ1v) is 5.80. The van der Waals surface area contributed by atoms with E-state index in [1.807, 2.05) is 26.8 Å². The third-order valence-corrected chi connectivity index (χ3v) is 2.98. The summed E-state index contributed by atoms with van der Waals surface area (Å²) in [5.41, 5.74) is 9.41. The Bertz CT molecular complexity index is 406. The first-order valence-electron chi connectivity index (χ1n) is 5.80. The predicted molar refractivity (Wildman–Crippen MR) is 71.0 cm³/mol. The summed E-state index contributed by atoms with van der Waals surface area (Å²) < 4.78 is 10.7. The quantitative estimate of drug-likeness (QED) is 0.875. The first kappa shape index (κ1) is 13.8. The van der Waals surface area contributed by atoms with Gasteiger partial charge in [-0.3, -0.25) is 0 Å². The van der Waals surface area contributed by atoms with Gasteiger partial charge in [0, 0.05) is 5.54 Å². The maximum atomic E-state index is 6.08. The highest BCUT2D eigenvalue weighted by molar-refractivity contribution is 5.53. The zero-order valence-corrected chi connectivity index (χ0v) is 11.7. The van der Waals surface area contributed by atoms with E-state index in [1.165, 1.54) is 11.1 Å². The number of hydrogen-bond acceptors (Lipinski definition) is 3. The molecule has 1 aromatic carbocycles. The Balaban J connectivity index is 3.29. The van der Waals surface area contributed by atoms with E-state index in [9.17, 15) is 0 Å². The number of ether oxygens (including phenoxy) is 2. The lowest BCUT2D eigenvalue weighted by Gasteiger charge is -2.22. The highest BCUT2D eigenvalue weighted by atomic mass is 16.5. The number of rotatable bonds is 4. The molecule has 0 unspecified atom stereocenters. The van der Waals surface area contributed by atoms with Crippen LogP contribution in [0.5, 0.6) is 11.5 Å². The van der Waals surface area contributed by atoms with Gasteiger partial charge >= 0.3 is 0 Å². The Hall–Kier alpha value is -1.22. The van der Waals surface area contributed by atoms with Crippen molar-refractivity contribution < 1.29 is 9.47 Å². The van der Waals surface area contributed by atoms with Gasteiger partial charge in [0.15, 0.2) is 11.5 Å². The number of nitrogens with two attached hydrogens (primary N) is 1. The van der Waals surface area contributed by atoms with Gasteiger partial charge in [-0.25, -0.2) is 0 Å². The van der Waals surface area contributed by atoms with Crippen molar-refractivity contribution in [2.45, 2.75) is 39.7 Å². The van der Waals surface area contributed by atoms with E-state index in [4.69, 9.17) is 15.2 Å². The summed E-state index contributed by atoms with van der Waals surface area (Å²) in [7, 11) is 3.32. The minimum absolute atomic E-state index is 0.225. The maximum absolute atomic E-state index is 6.08. The van der Waals surface area contributed by atoms with Crippen LogP contribution in [0.3, 0.4) is 0 Å². The van der Waals surface area contributed by atoms with Gasteiger partial charge in [0.1, 0.15) is 0 Å². The second kappa shape index (κ2) is 4.96. The third kappa shape index (κ3) is 3.13. The Morgan fingerprint density at radius 2 is 1.71 bits per heavy atom. The van der Waals surface area contributed by atoms with Gasteiger partial charge in [0.25, 0.3) is 0 Å². The zero-order chi connectivity index (χ0) is 13.2. The average Bonchev–Trinajstić information content (AvgIpc) is 2.22. The zero-order valence-electron chi connectivity index (χ0n) is 11.7. The van der Waals surface area contributed by atoms with E-state index in [0.29, 0.717) is 0 Å². The summed E-state index contributed by atoms with van der Waals surface area (Å²) in [6.07, 6.45) is 0.819. The standard InChI is InChI=1S/C14H23NO2/c1-9-10(2)13(17-6)12(16-5)7-11(9)8-14(3,4)15/h7H,8,15H2,1-6H3. The van der Waals surface area contributed by atoms with Crippen LogP contribution in [0.15, 0.2) is 6.07 Å². The molecule has 3 nitrogen and oxygen atoms in total. The molecule has 96 valence electrons. The molecule has 17 heavy (non-hydrogen) atoms. The summed E-state index contributed by atoms with van der Waals surface area (Å²) in [5.74, 6) is 1.58. The molecule has 0 fully saturated rings. The van der Waals surface area contributed by atoms with Crippen LogP contribution in [0.2, 0.25) is 0 Å². The monoisotopic (exact) mass is 237 g/mol. The van der Waals surface area contributed by atoms with Crippen molar-refractivity contribution in [2.75, 3.05) is 14.2 Å². The summed E-state index contributed by atoms with van der Waals surface area (Å²) >= 11 is 0. The molecule has 0 bridgehead atoms. The average molecular weight is 237 g/mol. The summed E-state index contributed by atoms with van der Waals surface area (Å²) in [6, 6.07) is 2.02. The first-order chi connectivity index (χ1) is 7.80. The Kier molecular flexibility index (Phi) is 4.04. The van der Waals surface area contributed by atoms with Gasteiger partial charge < -0.3 is 15.2 Å². The molecule has 0 saturated heterocycles. The Morgan fingerprint density at radius 1 is 1.12 bits per heavy atom. The molecule has 3 heteroatoms. The normalized spacial score (nSPS) is 11.5. The molecule has 0 saturated carbocycles. The van der Waals surface area contributed by atoms with E-state index in [0.717, 1.165) is 23.5 Å². The largest absolute Gasteiger partial charge is 0.493 e. The topological polar surface area (TPSA) is 44.5 Å². The molecule has 0 atom stereocenters. The minimum atomic E-state index is -0.225. The van der Waals surface area contributed by atoms with E-state index in [-0.39, 0.29) is 5.54 Å². The molecule has 1 aromatic rings. The Morgan fingerprint density at radius 3 is 2.12 bits per heavy atom. The summed E-state index contributed by atoms with van der Waals surface area (Å²) in [6.45, 7) is 8.19. The maximum Gasteiger partial charge on any atom is 0.163 e. The second-order valence-corrected chi connectivity index (χ2v) is 5.19. The smallest absolute Gasteiger partial charge is 0.163 e. The highest BCUT2D eigenvalue weighted by Gasteiger charge is 2.18. The SMILES string of the molecule is COc1cc(CC(C)(C)N)c(C)c(C)c1OC.